The first-order chi connectivity index (χ1) is 11.3. The van der Waals surface area contributed by atoms with Crippen LogP contribution in [0.1, 0.15) is 33.6 Å². The van der Waals surface area contributed by atoms with Gasteiger partial charge in [-0.25, -0.2) is 4.79 Å². The highest BCUT2D eigenvalue weighted by Crippen LogP contribution is 2.24. The fourth-order valence-corrected chi connectivity index (χ4v) is 2.39. The summed E-state index contributed by atoms with van der Waals surface area (Å²) in [5.74, 6) is -1.75. The average molecular weight is 343 g/mol. The number of amides is 4. The summed E-state index contributed by atoms with van der Waals surface area (Å²) in [4.78, 5) is 48.8. The monoisotopic (exact) mass is 343 g/mol. The predicted octanol–water partition coefficient (Wildman–Crippen LogP) is -0.209. The van der Waals surface area contributed by atoms with Crippen molar-refractivity contribution in [1.29, 1.82) is 0 Å². The number of hydrogen-bond acceptors (Lipinski definition) is 6. The second-order valence-electron chi connectivity index (χ2n) is 5.53. The molecule has 0 aliphatic carbocycles. The Kier molecular flexibility index (Phi) is 7.15. The van der Waals surface area contributed by atoms with Crippen molar-refractivity contribution in [2.45, 2.75) is 45.3 Å². The summed E-state index contributed by atoms with van der Waals surface area (Å²) in [5, 5.41) is 5.15. The van der Waals surface area contributed by atoms with Gasteiger partial charge in [0.2, 0.25) is 0 Å². The van der Waals surface area contributed by atoms with E-state index in [9.17, 15) is 19.2 Å². The summed E-state index contributed by atoms with van der Waals surface area (Å²) in [6.45, 7) is 5.09. The molecule has 0 aromatic carbocycles. The lowest BCUT2D eigenvalue weighted by Gasteiger charge is -2.23. The standard InChI is InChI=1S/C15H25N3O6/c1-5-15(6-2)13(21)18(14(22)17-15)9-11(19)24-10(3)12(20)16-7-8-23-4/h10H,5-9H2,1-4H3,(H,16,20)(H,17,22)/t10-/m1/s1. The van der Waals surface area contributed by atoms with Gasteiger partial charge in [-0.3, -0.25) is 19.3 Å². The van der Waals surface area contributed by atoms with E-state index < -0.39 is 42.0 Å². The molecule has 0 saturated carbocycles. The van der Waals surface area contributed by atoms with Gasteiger partial charge in [-0.1, -0.05) is 13.8 Å². The molecule has 9 heteroatoms. The second kappa shape index (κ2) is 8.62. The van der Waals surface area contributed by atoms with Gasteiger partial charge < -0.3 is 20.1 Å². The van der Waals surface area contributed by atoms with Crippen LogP contribution in [0.25, 0.3) is 0 Å². The first-order valence-electron chi connectivity index (χ1n) is 7.91. The topological polar surface area (TPSA) is 114 Å². The molecule has 0 unspecified atom stereocenters. The molecular weight excluding hydrogens is 318 g/mol. The molecule has 1 atom stereocenters. The number of urea groups is 1. The average Bonchev–Trinajstić information content (AvgIpc) is 2.79. The van der Waals surface area contributed by atoms with Crippen LogP contribution < -0.4 is 10.6 Å². The molecule has 1 fully saturated rings. The van der Waals surface area contributed by atoms with Crippen molar-refractivity contribution >= 4 is 23.8 Å². The van der Waals surface area contributed by atoms with E-state index in [-0.39, 0.29) is 0 Å². The minimum Gasteiger partial charge on any atom is -0.451 e. The third-order valence-electron chi connectivity index (χ3n) is 4.02. The van der Waals surface area contributed by atoms with E-state index in [1.807, 2.05) is 0 Å². The van der Waals surface area contributed by atoms with E-state index in [4.69, 9.17) is 9.47 Å². The van der Waals surface area contributed by atoms with Crippen LogP contribution in [0.5, 0.6) is 0 Å². The summed E-state index contributed by atoms with van der Waals surface area (Å²) in [6, 6.07) is -0.627. The molecule has 1 aliphatic heterocycles. The van der Waals surface area contributed by atoms with E-state index in [2.05, 4.69) is 10.6 Å². The van der Waals surface area contributed by atoms with Crippen LogP contribution in [-0.4, -0.2) is 67.2 Å². The highest BCUT2D eigenvalue weighted by atomic mass is 16.5. The van der Waals surface area contributed by atoms with E-state index in [1.165, 1.54) is 14.0 Å². The van der Waals surface area contributed by atoms with E-state index >= 15 is 0 Å². The van der Waals surface area contributed by atoms with Crippen LogP contribution >= 0.6 is 0 Å². The van der Waals surface area contributed by atoms with E-state index in [0.717, 1.165) is 4.90 Å². The first kappa shape index (κ1) is 19.9. The summed E-state index contributed by atoms with van der Waals surface area (Å²) < 4.78 is 9.77. The number of nitrogens with zero attached hydrogens (tertiary/aromatic N) is 1. The van der Waals surface area contributed by atoms with Crippen molar-refractivity contribution in [3.05, 3.63) is 0 Å². The smallest absolute Gasteiger partial charge is 0.327 e. The minimum absolute atomic E-state index is 0.291. The molecule has 1 aliphatic rings. The summed E-state index contributed by atoms with van der Waals surface area (Å²) in [7, 11) is 1.50. The lowest BCUT2D eigenvalue weighted by molar-refractivity contribution is -0.156. The van der Waals surface area contributed by atoms with Crippen molar-refractivity contribution < 1.29 is 28.7 Å². The molecule has 2 N–H and O–H groups in total. The van der Waals surface area contributed by atoms with Crippen molar-refractivity contribution in [3.63, 3.8) is 0 Å². The van der Waals surface area contributed by atoms with Gasteiger partial charge >= 0.3 is 12.0 Å². The van der Waals surface area contributed by atoms with Crippen molar-refractivity contribution in [2.24, 2.45) is 0 Å². The highest BCUT2D eigenvalue weighted by molar-refractivity contribution is 6.08. The van der Waals surface area contributed by atoms with Gasteiger partial charge in [0.25, 0.3) is 11.8 Å². The number of imide groups is 1. The maximum Gasteiger partial charge on any atom is 0.327 e. The van der Waals surface area contributed by atoms with Gasteiger partial charge in [-0.15, -0.1) is 0 Å². The first-order valence-corrected chi connectivity index (χ1v) is 7.91. The zero-order valence-corrected chi connectivity index (χ0v) is 14.5. The number of hydrogen-bond donors (Lipinski definition) is 2. The number of carbonyl (C=O) groups is 4. The Hall–Kier alpha value is -2.16. The molecule has 9 nitrogen and oxygen atoms in total. The lowest BCUT2D eigenvalue weighted by Crippen LogP contribution is -2.46. The van der Waals surface area contributed by atoms with Crippen LogP contribution in [0, 0.1) is 0 Å². The van der Waals surface area contributed by atoms with E-state index in [1.54, 1.807) is 13.8 Å². The number of rotatable bonds is 9. The molecule has 4 amide bonds. The van der Waals surface area contributed by atoms with Gasteiger partial charge in [-0.2, -0.15) is 0 Å². The van der Waals surface area contributed by atoms with Crippen LogP contribution in [0.2, 0.25) is 0 Å². The molecule has 1 saturated heterocycles. The number of nitrogens with one attached hydrogen (secondary N) is 2. The number of carbonyl (C=O) groups excluding carboxylic acids is 4. The molecule has 0 radical (unpaired) electrons. The maximum atomic E-state index is 12.4. The van der Waals surface area contributed by atoms with Crippen LogP contribution in [0.4, 0.5) is 4.79 Å². The van der Waals surface area contributed by atoms with Gasteiger partial charge in [0.1, 0.15) is 12.1 Å². The number of esters is 1. The maximum absolute atomic E-state index is 12.4. The number of ether oxygens (including phenoxy) is 2. The normalized spacial score (nSPS) is 17.4. The minimum atomic E-state index is -1.03. The fourth-order valence-electron chi connectivity index (χ4n) is 2.39. The third-order valence-corrected chi connectivity index (χ3v) is 4.02. The summed E-state index contributed by atoms with van der Waals surface area (Å²) in [6.07, 6.45) is -0.173. The third kappa shape index (κ3) is 4.44. The van der Waals surface area contributed by atoms with Crippen molar-refractivity contribution in [2.75, 3.05) is 26.8 Å². The highest BCUT2D eigenvalue weighted by Gasteiger charge is 2.49. The predicted molar refractivity (Wildman–Crippen MR) is 84.0 cm³/mol. The molecule has 0 bridgehead atoms. The van der Waals surface area contributed by atoms with Gasteiger partial charge in [0.05, 0.1) is 6.61 Å². The Bertz CT molecular complexity index is 503. The Morgan fingerprint density at radius 3 is 2.42 bits per heavy atom. The SMILES string of the molecule is CCC1(CC)NC(=O)N(CC(=O)O[C@H](C)C(=O)NCCOC)C1=O. The lowest BCUT2D eigenvalue weighted by atomic mass is 9.93. The molecule has 1 heterocycles. The Morgan fingerprint density at radius 1 is 1.29 bits per heavy atom. The van der Waals surface area contributed by atoms with Crippen LogP contribution in [0.15, 0.2) is 0 Å². The summed E-state index contributed by atoms with van der Waals surface area (Å²) >= 11 is 0. The Labute approximate surface area is 141 Å². The van der Waals surface area contributed by atoms with E-state index in [0.29, 0.717) is 26.0 Å². The molecule has 0 aromatic rings. The molecule has 0 aromatic heterocycles. The van der Waals surface area contributed by atoms with Gasteiger partial charge in [0.15, 0.2) is 6.10 Å². The van der Waals surface area contributed by atoms with Crippen LogP contribution in [-0.2, 0) is 23.9 Å². The molecular formula is C15H25N3O6. The fraction of sp³-hybridized carbons (Fsp3) is 0.733. The summed E-state index contributed by atoms with van der Waals surface area (Å²) in [5.41, 5.74) is -0.972. The zero-order chi connectivity index (χ0) is 18.3. The van der Waals surface area contributed by atoms with Gasteiger partial charge in [0, 0.05) is 13.7 Å². The Morgan fingerprint density at radius 2 is 1.92 bits per heavy atom. The Balaban J connectivity index is 2.57. The second-order valence-corrected chi connectivity index (χ2v) is 5.53. The molecule has 24 heavy (non-hydrogen) atoms. The van der Waals surface area contributed by atoms with Gasteiger partial charge in [-0.05, 0) is 19.8 Å². The molecule has 0 spiro atoms. The quantitative estimate of drug-likeness (QED) is 0.340. The van der Waals surface area contributed by atoms with Crippen molar-refractivity contribution in [1.82, 2.24) is 15.5 Å². The molecule has 1 rings (SSSR count). The van der Waals surface area contributed by atoms with Crippen LogP contribution in [0.3, 0.4) is 0 Å². The largest absolute Gasteiger partial charge is 0.451 e. The number of methoxy groups -OCH3 is 1. The zero-order valence-electron chi connectivity index (χ0n) is 14.5. The molecule has 136 valence electrons. The van der Waals surface area contributed by atoms with Crippen molar-refractivity contribution in [3.8, 4) is 0 Å².